The number of rotatable bonds is 3. The molecule has 29 heavy (non-hydrogen) atoms. The number of halogens is 2. The van der Waals surface area contributed by atoms with Crippen LogP contribution in [0.25, 0.3) is 0 Å². The van der Waals surface area contributed by atoms with Crippen molar-refractivity contribution in [1.29, 1.82) is 0 Å². The number of dihydropyridines is 1. The van der Waals surface area contributed by atoms with Crippen molar-refractivity contribution in [3.63, 3.8) is 0 Å². The number of nitrogens with one attached hydrogen (secondary N) is 1. The molecule has 0 radical (unpaired) electrons. The molecule has 1 aliphatic heterocycles. The average molecular weight is 432 g/mol. The monoisotopic (exact) mass is 431 g/mol. The Bertz CT molecular complexity index is 1050. The fourth-order valence-corrected chi connectivity index (χ4v) is 4.48. The number of carbonyl (C=O) groups is 2. The van der Waals surface area contributed by atoms with Crippen molar-refractivity contribution >= 4 is 35.0 Å². The lowest BCUT2D eigenvalue weighted by Crippen LogP contribution is -2.36. The molecule has 150 valence electrons. The lowest BCUT2D eigenvalue weighted by Gasteiger charge is -2.36. The number of ketones is 1. The van der Waals surface area contributed by atoms with Crippen molar-refractivity contribution < 1.29 is 18.7 Å². The zero-order chi connectivity index (χ0) is 20.7. The van der Waals surface area contributed by atoms with E-state index in [1.807, 2.05) is 19.1 Å². The number of carbonyl (C=O) groups excluding carboxylic acids is 2. The minimum Gasteiger partial charge on any atom is -0.469 e. The summed E-state index contributed by atoms with van der Waals surface area (Å²) in [6.07, 6.45) is 2.52. The largest absolute Gasteiger partial charge is 0.469 e. The third-order valence-electron chi connectivity index (χ3n) is 5.46. The van der Waals surface area contributed by atoms with E-state index in [0.29, 0.717) is 39.7 Å². The van der Waals surface area contributed by atoms with Gasteiger partial charge in [-0.3, -0.25) is 4.79 Å². The molecular weight excluding hydrogens is 413 g/mol. The number of hydrogen-bond donors (Lipinski definition) is 1. The highest BCUT2D eigenvalue weighted by atomic mass is 35.5. The Morgan fingerprint density at radius 2 is 2.00 bits per heavy atom. The summed E-state index contributed by atoms with van der Waals surface area (Å²) in [6.45, 7) is 1.81. The first-order valence-corrected chi connectivity index (χ1v) is 9.97. The van der Waals surface area contributed by atoms with E-state index in [9.17, 15) is 9.59 Å². The lowest BCUT2D eigenvalue weighted by molar-refractivity contribution is -0.136. The molecule has 7 heteroatoms. The highest BCUT2D eigenvalue weighted by Crippen LogP contribution is 2.46. The van der Waals surface area contributed by atoms with Gasteiger partial charge < -0.3 is 14.5 Å². The van der Waals surface area contributed by atoms with Crippen molar-refractivity contribution in [2.24, 2.45) is 0 Å². The van der Waals surface area contributed by atoms with Crippen LogP contribution in [0.3, 0.4) is 0 Å². The molecule has 0 saturated heterocycles. The molecule has 2 atom stereocenters. The second-order valence-corrected chi connectivity index (χ2v) is 8.01. The first-order valence-electron chi connectivity index (χ1n) is 9.21. The summed E-state index contributed by atoms with van der Waals surface area (Å²) in [5, 5.41) is 4.04. The van der Waals surface area contributed by atoms with Gasteiger partial charge >= 0.3 is 5.97 Å². The molecule has 1 aromatic heterocycles. The second kappa shape index (κ2) is 7.73. The SMILES string of the molecule is COC(=O)C1=C(C)NC2=C(C(=O)C[C@H](c3ccco3)C2)[C@H]1c1ccc(Cl)c(Cl)c1. The van der Waals surface area contributed by atoms with Crippen LogP contribution in [0.5, 0.6) is 0 Å². The number of hydrogen-bond acceptors (Lipinski definition) is 5. The van der Waals surface area contributed by atoms with Crippen LogP contribution in [0.15, 0.2) is 63.6 Å². The highest BCUT2D eigenvalue weighted by Gasteiger charge is 2.41. The Morgan fingerprint density at radius 1 is 1.21 bits per heavy atom. The highest BCUT2D eigenvalue weighted by molar-refractivity contribution is 6.42. The molecule has 0 saturated carbocycles. The van der Waals surface area contributed by atoms with Crippen LogP contribution in [0.1, 0.15) is 42.9 Å². The van der Waals surface area contributed by atoms with Gasteiger partial charge in [-0.05, 0) is 43.2 Å². The Balaban J connectivity index is 1.84. The summed E-state index contributed by atoms with van der Waals surface area (Å²) in [5.74, 6) is -0.369. The van der Waals surface area contributed by atoms with Gasteiger partial charge in [-0.25, -0.2) is 4.79 Å². The number of Topliss-reactive ketones (excluding diaryl/α,β-unsaturated/α-hetero) is 1. The minimum atomic E-state index is -0.571. The molecule has 5 nitrogen and oxygen atoms in total. The number of esters is 1. The summed E-state index contributed by atoms with van der Waals surface area (Å²) in [6, 6.07) is 8.86. The minimum absolute atomic E-state index is 0.0369. The maximum Gasteiger partial charge on any atom is 0.336 e. The third kappa shape index (κ3) is 3.49. The summed E-state index contributed by atoms with van der Waals surface area (Å²) >= 11 is 12.3. The Labute approximate surface area is 178 Å². The summed E-state index contributed by atoms with van der Waals surface area (Å²) < 4.78 is 10.5. The number of furan rings is 1. The van der Waals surface area contributed by atoms with Gasteiger partial charge in [0.1, 0.15) is 5.76 Å². The van der Waals surface area contributed by atoms with Crippen LogP contribution >= 0.6 is 23.2 Å². The van der Waals surface area contributed by atoms with Gasteiger partial charge in [-0.15, -0.1) is 0 Å². The van der Waals surface area contributed by atoms with Crippen molar-refractivity contribution in [3.8, 4) is 0 Å². The van der Waals surface area contributed by atoms with E-state index in [2.05, 4.69) is 5.32 Å². The van der Waals surface area contributed by atoms with Crippen LogP contribution in [-0.2, 0) is 14.3 Å². The van der Waals surface area contributed by atoms with Crippen molar-refractivity contribution in [3.05, 3.63) is 80.5 Å². The predicted molar refractivity (Wildman–Crippen MR) is 110 cm³/mol. The first kappa shape index (κ1) is 19.8. The number of benzene rings is 1. The molecule has 4 rings (SSSR count). The molecule has 2 aromatic rings. The van der Waals surface area contributed by atoms with Gasteiger partial charge in [0, 0.05) is 35.2 Å². The Morgan fingerprint density at radius 3 is 2.66 bits per heavy atom. The quantitative estimate of drug-likeness (QED) is 0.682. The average Bonchev–Trinajstić information content (AvgIpc) is 3.23. The third-order valence-corrected chi connectivity index (χ3v) is 6.19. The zero-order valence-corrected chi connectivity index (χ0v) is 17.4. The van der Waals surface area contributed by atoms with Gasteiger partial charge in [-0.2, -0.15) is 0 Å². The maximum absolute atomic E-state index is 13.3. The van der Waals surface area contributed by atoms with Crippen LogP contribution < -0.4 is 5.32 Å². The predicted octanol–water partition coefficient (Wildman–Crippen LogP) is 5.12. The van der Waals surface area contributed by atoms with E-state index < -0.39 is 11.9 Å². The van der Waals surface area contributed by atoms with E-state index in [1.165, 1.54) is 7.11 Å². The number of methoxy groups -OCH3 is 1. The molecule has 0 bridgehead atoms. The van der Waals surface area contributed by atoms with Gasteiger partial charge in [0.15, 0.2) is 5.78 Å². The zero-order valence-electron chi connectivity index (χ0n) is 15.9. The molecule has 1 N–H and O–H groups in total. The summed E-state index contributed by atoms with van der Waals surface area (Å²) in [5.41, 5.74) is 3.13. The smallest absolute Gasteiger partial charge is 0.336 e. The van der Waals surface area contributed by atoms with E-state index in [4.69, 9.17) is 32.4 Å². The summed E-state index contributed by atoms with van der Waals surface area (Å²) in [7, 11) is 1.33. The van der Waals surface area contributed by atoms with Crippen LogP contribution in [0, 0.1) is 0 Å². The van der Waals surface area contributed by atoms with E-state index in [-0.39, 0.29) is 11.7 Å². The van der Waals surface area contributed by atoms with Gasteiger partial charge in [0.2, 0.25) is 0 Å². The number of allylic oxidation sites excluding steroid dienone is 3. The molecule has 2 aliphatic rings. The van der Waals surface area contributed by atoms with E-state index in [1.54, 1.807) is 24.5 Å². The Kier molecular flexibility index (Phi) is 5.28. The molecule has 0 spiro atoms. The van der Waals surface area contributed by atoms with Crippen molar-refractivity contribution in [2.45, 2.75) is 31.6 Å². The molecule has 1 aromatic carbocycles. The summed E-state index contributed by atoms with van der Waals surface area (Å²) in [4.78, 5) is 25.9. The lowest BCUT2D eigenvalue weighted by atomic mass is 9.72. The molecule has 0 unspecified atom stereocenters. The standard InChI is InChI=1S/C22H19Cl2NO4/c1-11-19(22(27)28-2)20(12-5-6-14(23)15(24)8-12)21-16(25-11)9-13(10-17(21)26)18-4-3-7-29-18/h3-8,13,20,25H,9-10H2,1-2H3/t13-,20+/m1/s1. The Hall–Kier alpha value is -2.50. The molecule has 1 aliphatic carbocycles. The van der Waals surface area contributed by atoms with Gasteiger partial charge in [0.25, 0.3) is 0 Å². The second-order valence-electron chi connectivity index (χ2n) is 7.20. The molecular formula is C22H19Cl2NO4. The molecule has 2 heterocycles. The van der Waals surface area contributed by atoms with Crippen LogP contribution in [0.2, 0.25) is 10.0 Å². The molecule has 0 fully saturated rings. The van der Waals surface area contributed by atoms with Gasteiger partial charge in [-0.1, -0.05) is 29.3 Å². The van der Waals surface area contributed by atoms with Gasteiger partial charge in [0.05, 0.1) is 29.0 Å². The number of ether oxygens (including phenoxy) is 1. The first-order chi connectivity index (χ1) is 13.9. The fourth-order valence-electron chi connectivity index (χ4n) is 4.17. The maximum atomic E-state index is 13.3. The topological polar surface area (TPSA) is 68.5 Å². The van der Waals surface area contributed by atoms with Crippen molar-refractivity contribution in [1.82, 2.24) is 5.32 Å². The van der Waals surface area contributed by atoms with Crippen LogP contribution in [-0.4, -0.2) is 18.9 Å². The van der Waals surface area contributed by atoms with E-state index >= 15 is 0 Å². The molecule has 0 amide bonds. The van der Waals surface area contributed by atoms with E-state index in [0.717, 1.165) is 17.0 Å². The van der Waals surface area contributed by atoms with Crippen LogP contribution in [0.4, 0.5) is 0 Å². The van der Waals surface area contributed by atoms with Crippen molar-refractivity contribution in [2.75, 3.05) is 7.11 Å². The normalized spacial score (nSPS) is 21.7. The fraction of sp³-hybridized carbons (Fsp3) is 0.273.